The van der Waals surface area contributed by atoms with Crippen molar-refractivity contribution < 1.29 is 77.9 Å². The summed E-state index contributed by atoms with van der Waals surface area (Å²) in [5.41, 5.74) is -12.6. The average molecular weight is 832 g/mol. The maximum atomic E-state index is 15.1. The minimum Gasteiger partial charge on any atom is -0.455 e. The molecule has 2 heterocycles. The average Bonchev–Trinajstić information content (AvgIpc) is 3.34. The van der Waals surface area contributed by atoms with E-state index in [0.717, 1.165) is 12.0 Å². The molecule has 59 heavy (non-hydrogen) atoms. The lowest BCUT2D eigenvalue weighted by atomic mass is 9.44. The summed E-state index contributed by atoms with van der Waals surface area (Å²) in [6, 6.07) is 6.33. The lowest BCUT2D eigenvalue weighted by molar-refractivity contribution is -0.345. The van der Waals surface area contributed by atoms with E-state index < -0.39 is 124 Å². The number of cyclic esters (lactones) is 1. The van der Waals surface area contributed by atoms with Gasteiger partial charge in [-0.25, -0.2) is 19.2 Å². The first-order valence-electron chi connectivity index (χ1n) is 19.7. The van der Waals surface area contributed by atoms with E-state index in [1.807, 2.05) is 0 Å². The molecule has 4 fully saturated rings. The summed E-state index contributed by atoms with van der Waals surface area (Å²) in [6.45, 7) is 14.7. The molecule has 17 heteroatoms. The van der Waals surface area contributed by atoms with Crippen LogP contribution in [0.2, 0.25) is 0 Å². The Morgan fingerprint density at radius 3 is 2.08 bits per heavy atom. The Kier molecular flexibility index (Phi) is 10.7. The summed E-state index contributed by atoms with van der Waals surface area (Å²) in [6.07, 6.45) is -13.4. The third-order valence-electron chi connectivity index (χ3n) is 13.9. The van der Waals surface area contributed by atoms with Crippen molar-refractivity contribution in [3.05, 3.63) is 47.0 Å². The Morgan fingerprint density at radius 2 is 1.58 bits per heavy atom. The summed E-state index contributed by atoms with van der Waals surface area (Å²) in [5.74, 6) is -4.86. The van der Waals surface area contributed by atoms with E-state index in [0.29, 0.717) is 0 Å². The molecule has 2 saturated carbocycles. The summed E-state index contributed by atoms with van der Waals surface area (Å²) in [5, 5.41) is 60.8. The zero-order valence-corrected chi connectivity index (χ0v) is 35.3. The van der Waals surface area contributed by atoms with Crippen molar-refractivity contribution >= 4 is 30.0 Å². The molecule has 5 N–H and O–H groups in total. The van der Waals surface area contributed by atoms with Gasteiger partial charge in [0.2, 0.25) is 0 Å². The zero-order chi connectivity index (χ0) is 44.2. The molecule has 1 aromatic carbocycles. The van der Waals surface area contributed by atoms with E-state index in [1.54, 1.807) is 39.0 Å². The van der Waals surface area contributed by atoms with E-state index in [4.69, 9.17) is 28.4 Å². The molecular weight excluding hydrogens is 774 g/mol. The Labute approximate surface area is 342 Å². The molecule has 2 saturated heterocycles. The second kappa shape index (κ2) is 14.2. The first-order chi connectivity index (χ1) is 27.1. The van der Waals surface area contributed by atoms with E-state index in [1.165, 1.54) is 60.6 Å². The number of hydrogen-bond acceptors (Lipinski definition) is 16. The van der Waals surface area contributed by atoms with Gasteiger partial charge in [-0.05, 0) is 63.3 Å². The minimum atomic E-state index is -2.45. The lowest BCUT2D eigenvalue weighted by Gasteiger charge is -2.67. The van der Waals surface area contributed by atoms with Crippen LogP contribution >= 0.6 is 0 Å². The third-order valence-corrected chi connectivity index (χ3v) is 13.9. The van der Waals surface area contributed by atoms with Crippen LogP contribution in [0.25, 0.3) is 0 Å². The van der Waals surface area contributed by atoms with Gasteiger partial charge in [0, 0.05) is 18.3 Å². The number of aliphatic hydroxyl groups excluding tert-OH is 4. The van der Waals surface area contributed by atoms with Gasteiger partial charge < -0.3 is 54.0 Å². The Hall–Kier alpha value is -4.13. The van der Waals surface area contributed by atoms with E-state index >= 15 is 4.79 Å². The molecule has 0 aromatic heterocycles. The normalized spacial score (nSPS) is 38.3. The smallest absolute Gasteiger partial charge is 0.455 e. The topological polar surface area (TPSA) is 245 Å². The zero-order valence-electron chi connectivity index (χ0n) is 35.3. The fraction of sp³-hybridized carbons (Fsp3) is 0.690. The van der Waals surface area contributed by atoms with Crippen LogP contribution in [-0.2, 0) is 38.0 Å². The van der Waals surface area contributed by atoms with Crippen LogP contribution in [0.4, 0.5) is 9.59 Å². The van der Waals surface area contributed by atoms with E-state index in [-0.39, 0.29) is 29.7 Å². The maximum absolute atomic E-state index is 15.1. The van der Waals surface area contributed by atoms with Crippen molar-refractivity contribution in [2.75, 3.05) is 13.7 Å². The first-order valence-corrected chi connectivity index (χ1v) is 19.7. The van der Waals surface area contributed by atoms with Crippen molar-refractivity contribution in [2.45, 2.75) is 147 Å². The molecule has 5 aliphatic rings. The number of ether oxygens (including phenoxy) is 6. The summed E-state index contributed by atoms with van der Waals surface area (Å²) in [4.78, 5) is 70.7. The first kappa shape index (κ1) is 44.4. The van der Waals surface area contributed by atoms with Crippen molar-refractivity contribution in [3.63, 3.8) is 0 Å². The summed E-state index contributed by atoms with van der Waals surface area (Å²) in [7, 11) is 1.06. The van der Waals surface area contributed by atoms with Gasteiger partial charge in [0.25, 0.3) is 0 Å². The maximum Gasteiger partial charge on any atom is 0.508 e. The van der Waals surface area contributed by atoms with Crippen LogP contribution in [0, 0.1) is 22.2 Å². The van der Waals surface area contributed by atoms with Crippen molar-refractivity contribution in [2.24, 2.45) is 22.2 Å². The molecule has 6 rings (SSSR count). The monoisotopic (exact) mass is 831 g/mol. The molecular formula is C42H57NO16. The number of fused-ring (bicyclic) bond motifs is 5. The number of aliphatic hydroxyl groups is 5. The van der Waals surface area contributed by atoms with Gasteiger partial charge in [-0.15, -0.1) is 0 Å². The number of esters is 2. The number of benzene rings is 1. The number of methoxy groups -OCH3 is 1. The molecule has 1 amide bonds. The highest BCUT2D eigenvalue weighted by Gasteiger charge is 2.79. The van der Waals surface area contributed by atoms with Crippen LogP contribution in [0.15, 0.2) is 41.5 Å². The van der Waals surface area contributed by atoms with Gasteiger partial charge in [0.15, 0.2) is 29.3 Å². The van der Waals surface area contributed by atoms with Gasteiger partial charge in [0.1, 0.15) is 29.5 Å². The Balaban J connectivity index is 1.55. The quantitative estimate of drug-likeness (QED) is 0.151. The number of hydrogen-bond donors (Lipinski definition) is 5. The molecule has 326 valence electrons. The second-order valence-corrected chi connectivity index (χ2v) is 19.2. The number of ketones is 1. The highest BCUT2D eigenvalue weighted by Crippen LogP contribution is 2.65. The van der Waals surface area contributed by atoms with Gasteiger partial charge >= 0.3 is 24.2 Å². The van der Waals surface area contributed by atoms with Crippen LogP contribution in [-0.4, -0.2) is 139 Å². The number of nitrogens with zero attached hydrogens (tertiary/aromatic N) is 1. The van der Waals surface area contributed by atoms with E-state index in [9.17, 15) is 44.7 Å². The molecule has 3 unspecified atom stereocenters. The molecule has 3 aliphatic carbocycles. The minimum absolute atomic E-state index is 0.0452. The van der Waals surface area contributed by atoms with E-state index in [2.05, 4.69) is 0 Å². The number of amides is 1. The summed E-state index contributed by atoms with van der Waals surface area (Å²) < 4.78 is 34.5. The molecule has 12 atom stereocenters. The Bertz CT molecular complexity index is 1940. The number of carbonyl (C=O) groups excluding carboxylic acids is 5. The Morgan fingerprint density at radius 1 is 0.966 bits per heavy atom. The van der Waals surface area contributed by atoms with Crippen LogP contribution in [0.5, 0.6) is 0 Å². The fourth-order valence-corrected chi connectivity index (χ4v) is 10.4. The van der Waals surface area contributed by atoms with Gasteiger partial charge in [-0.2, -0.15) is 0 Å². The molecule has 2 bridgehead atoms. The van der Waals surface area contributed by atoms with Crippen molar-refractivity contribution in [1.82, 2.24) is 4.90 Å². The highest BCUT2D eigenvalue weighted by atomic mass is 16.8. The van der Waals surface area contributed by atoms with Crippen molar-refractivity contribution in [3.8, 4) is 0 Å². The number of Topliss-reactive ketones (excluding diaryl/α,β-unsaturated/α-hetero) is 1. The number of carbonyl (C=O) groups is 5. The summed E-state index contributed by atoms with van der Waals surface area (Å²) >= 11 is 0. The van der Waals surface area contributed by atoms with Gasteiger partial charge in [-0.1, -0.05) is 52.8 Å². The molecule has 0 radical (unpaired) electrons. The highest BCUT2D eigenvalue weighted by molar-refractivity contribution is 5.94. The van der Waals surface area contributed by atoms with Crippen LogP contribution < -0.4 is 0 Å². The second-order valence-electron chi connectivity index (χ2n) is 19.2. The van der Waals surface area contributed by atoms with Crippen molar-refractivity contribution in [1.29, 1.82) is 0 Å². The van der Waals surface area contributed by atoms with Crippen LogP contribution in [0.3, 0.4) is 0 Å². The fourth-order valence-electron chi connectivity index (χ4n) is 10.4. The lowest BCUT2D eigenvalue weighted by Crippen LogP contribution is -2.82. The predicted molar refractivity (Wildman–Crippen MR) is 203 cm³/mol. The SMILES string of the molecule is COC(=O)O[C@@]12CO[C@@H]1CC(O)[C@@]1(C)C(=O)[C@H](O)C3=C(C)[C@@](C)(OC(=O)[C@H](O)[C@@H](N4C(=O)OC(C)(C)C4O)C(C)(C)C)C[C@@](O)([C@@H](OC(=O)c4ccccc4)C12)C3(C)C. The molecule has 0 spiro atoms. The molecule has 2 aliphatic heterocycles. The van der Waals surface area contributed by atoms with Crippen LogP contribution in [0.1, 0.15) is 92.4 Å². The number of rotatable bonds is 7. The molecule has 17 nitrogen and oxygen atoms in total. The third kappa shape index (κ3) is 6.45. The standard InChI is InChI=1S/C42H57NO16/c1-20-24-25(45)29(47)40(10)22(44)17-23-41(19-55-23,59-35(52)54-11)27(40)30(56-31(48)21-15-13-12-14-16-21)42(53,37(24,5)6)18-39(20,9)57-32(49)26(46)28(36(2,3)4)43-33(50)38(7,8)58-34(43)51/h12-16,22-23,25-28,30,33,44-46,50,53H,17-19H2,1-11H3/t22?,23-,25-,26-,27?,28-,30+,33?,39+,40-,41+,42-/m1/s1. The predicted octanol–water partition coefficient (Wildman–Crippen LogP) is 2.57. The molecule has 1 aromatic rings. The van der Waals surface area contributed by atoms with Gasteiger partial charge in [0.05, 0.1) is 42.8 Å². The van der Waals surface area contributed by atoms with Gasteiger partial charge in [-0.3, -0.25) is 9.69 Å². The largest absolute Gasteiger partial charge is 0.508 e.